The van der Waals surface area contributed by atoms with Gasteiger partial charge in [0.25, 0.3) is 0 Å². The molecular weight excluding hydrogens is 394 g/mol. The molecule has 1 atom stereocenters. The number of hydrogen-bond acceptors (Lipinski definition) is 5. The molecule has 1 unspecified atom stereocenters. The smallest absolute Gasteiger partial charge is 0.245 e. The second-order valence-electron chi connectivity index (χ2n) is 7.76. The van der Waals surface area contributed by atoms with Crippen LogP contribution in [-0.4, -0.2) is 47.0 Å². The molecule has 166 valence electrons. The number of likely N-dealkylation sites (tertiary alicyclic amines) is 1. The lowest BCUT2D eigenvalue weighted by Gasteiger charge is -2.34. The lowest BCUT2D eigenvalue weighted by Crippen LogP contribution is -2.54. The molecule has 1 aromatic heterocycles. The minimum Gasteiger partial charge on any atom is -0.490 e. The largest absolute Gasteiger partial charge is 0.490 e. The van der Waals surface area contributed by atoms with Crippen LogP contribution in [-0.2, 0) is 22.6 Å². The molecule has 0 aliphatic carbocycles. The molecule has 0 radical (unpaired) electrons. The van der Waals surface area contributed by atoms with E-state index >= 15 is 0 Å². The van der Waals surface area contributed by atoms with E-state index in [1.807, 2.05) is 51.1 Å². The summed E-state index contributed by atoms with van der Waals surface area (Å²) in [6.07, 6.45) is 4.94. The second kappa shape index (κ2) is 10.3. The first-order valence-electron chi connectivity index (χ1n) is 10.8. The number of ether oxygens (including phenoxy) is 2. The summed E-state index contributed by atoms with van der Waals surface area (Å²) in [5.41, 5.74) is 1.10. The van der Waals surface area contributed by atoms with Gasteiger partial charge in [-0.25, -0.2) is 0 Å². The van der Waals surface area contributed by atoms with Crippen LogP contribution in [0.3, 0.4) is 0 Å². The number of amides is 2. The quantitative estimate of drug-likeness (QED) is 0.633. The Bertz CT molecular complexity index is 903. The molecule has 2 aromatic rings. The standard InChI is InChI=1S/C24H31N3O4/c1-4-30-20-9-8-18(15-21(20)31-5-2)11-14-27-22(28)10-12-24(27,3)23(29)26-17-19-7-6-13-25-16-19/h6-9,13,15-16H,4-5,10-12,14,17H2,1-3H3,(H,26,29). The third-order valence-electron chi connectivity index (χ3n) is 5.62. The third-order valence-corrected chi connectivity index (χ3v) is 5.62. The van der Waals surface area contributed by atoms with Crippen LogP contribution in [0, 0.1) is 0 Å². The number of aromatic nitrogens is 1. The fourth-order valence-electron chi connectivity index (χ4n) is 3.87. The molecule has 2 heterocycles. The number of carbonyl (C=O) groups excluding carboxylic acids is 2. The van der Waals surface area contributed by atoms with Crippen molar-refractivity contribution in [2.75, 3.05) is 19.8 Å². The Morgan fingerprint density at radius 1 is 1.16 bits per heavy atom. The van der Waals surface area contributed by atoms with Gasteiger partial charge in [0, 0.05) is 31.9 Å². The number of pyridine rings is 1. The van der Waals surface area contributed by atoms with E-state index in [2.05, 4.69) is 10.3 Å². The first kappa shape index (κ1) is 22.6. The average Bonchev–Trinajstić information content (AvgIpc) is 3.08. The van der Waals surface area contributed by atoms with Crippen molar-refractivity contribution in [2.45, 2.75) is 52.1 Å². The Balaban J connectivity index is 1.67. The summed E-state index contributed by atoms with van der Waals surface area (Å²) >= 11 is 0. The number of nitrogens with zero attached hydrogens (tertiary/aromatic N) is 2. The van der Waals surface area contributed by atoms with Gasteiger partial charge in [-0.2, -0.15) is 0 Å². The molecule has 31 heavy (non-hydrogen) atoms. The Labute approximate surface area is 183 Å². The molecule has 1 aromatic carbocycles. The number of rotatable bonds is 10. The minimum atomic E-state index is -0.854. The van der Waals surface area contributed by atoms with E-state index in [0.29, 0.717) is 57.1 Å². The van der Waals surface area contributed by atoms with E-state index in [1.54, 1.807) is 17.3 Å². The fraction of sp³-hybridized carbons (Fsp3) is 0.458. The van der Waals surface area contributed by atoms with Crippen LogP contribution < -0.4 is 14.8 Å². The summed E-state index contributed by atoms with van der Waals surface area (Å²) < 4.78 is 11.3. The molecule has 1 saturated heterocycles. The fourth-order valence-corrected chi connectivity index (χ4v) is 3.87. The summed E-state index contributed by atoms with van der Waals surface area (Å²) in [5.74, 6) is 1.29. The monoisotopic (exact) mass is 425 g/mol. The molecule has 1 fully saturated rings. The first-order valence-corrected chi connectivity index (χ1v) is 10.8. The maximum atomic E-state index is 13.0. The van der Waals surface area contributed by atoms with Gasteiger partial charge in [0.1, 0.15) is 5.54 Å². The van der Waals surface area contributed by atoms with Gasteiger partial charge < -0.3 is 19.7 Å². The van der Waals surface area contributed by atoms with Gasteiger partial charge >= 0.3 is 0 Å². The highest BCUT2D eigenvalue weighted by Gasteiger charge is 2.46. The zero-order valence-electron chi connectivity index (χ0n) is 18.5. The predicted molar refractivity (Wildman–Crippen MR) is 118 cm³/mol. The molecule has 1 aliphatic heterocycles. The molecule has 0 bridgehead atoms. The van der Waals surface area contributed by atoms with E-state index < -0.39 is 5.54 Å². The van der Waals surface area contributed by atoms with Crippen LogP contribution >= 0.6 is 0 Å². The molecule has 0 saturated carbocycles. The van der Waals surface area contributed by atoms with Gasteiger partial charge in [-0.05, 0) is 62.9 Å². The van der Waals surface area contributed by atoms with Crippen molar-refractivity contribution >= 4 is 11.8 Å². The summed E-state index contributed by atoms with van der Waals surface area (Å²) in [6.45, 7) is 7.68. The van der Waals surface area contributed by atoms with Crippen LogP contribution in [0.25, 0.3) is 0 Å². The van der Waals surface area contributed by atoms with Crippen molar-refractivity contribution in [1.82, 2.24) is 15.2 Å². The van der Waals surface area contributed by atoms with Crippen LogP contribution in [0.15, 0.2) is 42.7 Å². The van der Waals surface area contributed by atoms with Gasteiger partial charge in [0.15, 0.2) is 11.5 Å². The van der Waals surface area contributed by atoms with E-state index in [1.165, 1.54) is 0 Å². The van der Waals surface area contributed by atoms with E-state index in [4.69, 9.17) is 9.47 Å². The van der Waals surface area contributed by atoms with E-state index in [9.17, 15) is 9.59 Å². The number of carbonyl (C=O) groups is 2. The van der Waals surface area contributed by atoms with Crippen LogP contribution in [0.4, 0.5) is 0 Å². The lowest BCUT2D eigenvalue weighted by atomic mass is 9.97. The summed E-state index contributed by atoms with van der Waals surface area (Å²) in [4.78, 5) is 31.4. The Morgan fingerprint density at radius 2 is 1.94 bits per heavy atom. The van der Waals surface area contributed by atoms with Crippen molar-refractivity contribution < 1.29 is 19.1 Å². The van der Waals surface area contributed by atoms with Crippen molar-refractivity contribution in [1.29, 1.82) is 0 Å². The van der Waals surface area contributed by atoms with E-state index in [-0.39, 0.29) is 11.8 Å². The Hall–Kier alpha value is -3.09. The Morgan fingerprint density at radius 3 is 2.65 bits per heavy atom. The number of hydrogen-bond donors (Lipinski definition) is 1. The van der Waals surface area contributed by atoms with Gasteiger partial charge in [-0.1, -0.05) is 12.1 Å². The van der Waals surface area contributed by atoms with Crippen LogP contribution in [0.1, 0.15) is 44.7 Å². The van der Waals surface area contributed by atoms with E-state index in [0.717, 1.165) is 11.1 Å². The first-order chi connectivity index (χ1) is 15.0. The third kappa shape index (κ3) is 5.34. The highest BCUT2D eigenvalue weighted by atomic mass is 16.5. The molecule has 1 aliphatic rings. The molecule has 0 spiro atoms. The van der Waals surface area contributed by atoms with Crippen LogP contribution in [0.2, 0.25) is 0 Å². The summed E-state index contributed by atoms with van der Waals surface area (Å²) in [5, 5.41) is 2.97. The average molecular weight is 426 g/mol. The van der Waals surface area contributed by atoms with Crippen LogP contribution in [0.5, 0.6) is 11.5 Å². The summed E-state index contributed by atoms with van der Waals surface area (Å²) in [6, 6.07) is 9.58. The van der Waals surface area contributed by atoms with Crippen molar-refractivity contribution in [3.8, 4) is 11.5 Å². The van der Waals surface area contributed by atoms with Gasteiger partial charge in [0.2, 0.25) is 11.8 Å². The van der Waals surface area contributed by atoms with Crippen molar-refractivity contribution in [3.63, 3.8) is 0 Å². The second-order valence-corrected chi connectivity index (χ2v) is 7.76. The minimum absolute atomic E-state index is 0.00926. The molecule has 7 nitrogen and oxygen atoms in total. The highest BCUT2D eigenvalue weighted by molar-refractivity contribution is 5.94. The predicted octanol–water partition coefficient (Wildman–Crippen LogP) is 3.12. The SMILES string of the molecule is CCOc1ccc(CCN2C(=O)CCC2(C)C(=O)NCc2cccnc2)cc1OCC. The maximum absolute atomic E-state index is 13.0. The number of nitrogens with one attached hydrogen (secondary N) is 1. The van der Waals surface area contributed by atoms with Crippen molar-refractivity contribution in [3.05, 3.63) is 53.9 Å². The van der Waals surface area contributed by atoms with Gasteiger partial charge in [-0.3, -0.25) is 14.6 Å². The lowest BCUT2D eigenvalue weighted by molar-refractivity contribution is -0.140. The number of benzene rings is 1. The zero-order chi connectivity index (χ0) is 22.3. The Kier molecular flexibility index (Phi) is 7.50. The summed E-state index contributed by atoms with van der Waals surface area (Å²) in [7, 11) is 0. The molecule has 3 rings (SSSR count). The normalized spacial score (nSPS) is 18.2. The maximum Gasteiger partial charge on any atom is 0.245 e. The topological polar surface area (TPSA) is 80.8 Å². The van der Waals surface area contributed by atoms with Gasteiger partial charge in [-0.15, -0.1) is 0 Å². The highest BCUT2D eigenvalue weighted by Crippen LogP contribution is 2.32. The molecule has 1 N–H and O–H groups in total. The van der Waals surface area contributed by atoms with Crippen molar-refractivity contribution in [2.24, 2.45) is 0 Å². The molecular formula is C24H31N3O4. The zero-order valence-corrected chi connectivity index (χ0v) is 18.5. The molecule has 2 amide bonds. The molecule has 7 heteroatoms. The van der Waals surface area contributed by atoms with Gasteiger partial charge in [0.05, 0.1) is 13.2 Å².